The molecule has 0 saturated heterocycles. The molecule has 0 atom stereocenters. The number of ketones is 2. The third-order valence-corrected chi connectivity index (χ3v) is 7.44. The fraction of sp³-hybridized carbons (Fsp3) is 0.152. The van der Waals surface area contributed by atoms with Crippen molar-refractivity contribution in [2.45, 2.75) is 19.8 Å². The molecule has 10 heteroatoms. The zero-order chi connectivity index (χ0) is 30.6. The van der Waals surface area contributed by atoms with E-state index in [2.05, 4.69) is 0 Å². The largest absolute Gasteiger partial charge is 0.493 e. The Morgan fingerprint density at radius 2 is 1.21 bits per heavy atom. The van der Waals surface area contributed by atoms with Gasteiger partial charge < -0.3 is 18.9 Å². The van der Waals surface area contributed by atoms with Gasteiger partial charge in [-0.05, 0) is 76.9 Å². The van der Waals surface area contributed by atoms with Crippen LogP contribution in [-0.2, 0) is 9.59 Å². The van der Waals surface area contributed by atoms with Gasteiger partial charge in [0.25, 0.3) is 0 Å². The highest BCUT2D eigenvalue weighted by Crippen LogP contribution is 2.31. The number of benzene rings is 2. The normalized spacial score (nSPS) is 11.0. The van der Waals surface area contributed by atoms with Crippen LogP contribution in [0.3, 0.4) is 0 Å². The predicted octanol–water partition coefficient (Wildman–Crippen LogP) is 7.30. The SMILES string of the molecule is CCCOc1cc(/C=C/C(=O)CC(=O)/C=C/c2ccc(OC(=O)c3cccs3)c(OC)c2)ccc1OC(=O)c1cccs1. The maximum absolute atomic E-state index is 12.5. The molecule has 0 aliphatic carbocycles. The molecule has 0 bridgehead atoms. The van der Waals surface area contributed by atoms with Gasteiger partial charge in [-0.2, -0.15) is 0 Å². The van der Waals surface area contributed by atoms with Crippen LogP contribution in [0.5, 0.6) is 23.0 Å². The summed E-state index contributed by atoms with van der Waals surface area (Å²) in [6.45, 7) is 2.38. The van der Waals surface area contributed by atoms with Crippen molar-refractivity contribution in [1.29, 1.82) is 0 Å². The van der Waals surface area contributed by atoms with Gasteiger partial charge in [-0.1, -0.05) is 43.3 Å². The van der Waals surface area contributed by atoms with Crippen LogP contribution in [0.4, 0.5) is 0 Å². The van der Waals surface area contributed by atoms with Gasteiger partial charge in [-0.25, -0.2) is 9.59 Å². The number of carbonyl (C=O) groups is 4. The average Bonchev–Trinajstić information content (AvgIpc) is 3.75. The van der Waals surface area contributed by atoms with Crippen LogP contribution in [-0.4, -0.2) is 37.2 Å². The molecular weight excluding hydrogens is 588 g/mol. The lowest BCUT2D eigenvalue weighted by atomic mass is 10.1. The van der Waals surface area contributed by atoms with E-state index in [1.165, 1.54) is 41.9 Å². The maximum Gasteiger partial charge on any atom is 0.353 e. The Labute approximate surface area is 256 Å². The van der Waals surface area contributed by atoms with Crippen molar-refractivity contribution >= 4 is 58.3 Å². The second-order valence-corrected chi connectivity index (χ2v) is 10.9. The van der Waals surface area contributed by atoms with Crippen LogP contribution in [0.15, 0.2) is 83.6 Å². The molecule has 0 amide bonds. The fourth-order valence-corrected chi connectivity index (χ4v) is 4.86. The van der Waals surface area contributed by atoms with Crippen molar-refractivity contribution in [2.24, 2.45) is 0 Å². The molecule has 2 aromatic heterocycles. The molecule has 220 valence electrons. The minimum Gasteiger partial charge on any atom is -0.493 e. The lowest BCUT2D eigenvalue weighted by Crippen LogP contribution is -2.08. The van der Waals surface area contributed by atoms with Crippen LogP contribution < -0.4 is 18.9 Å². The second-order valence-electron chi connectivity index (χ2n) is 8.97. The van der Waals surface area contributed by atoms with Gasteiger partial charge >= 0.3 is 11.9 Å². The van der Waals surface area contributed by atoms with Gasteiger partial charge in [-0.15, -0.1) is 22.7 Å². The van der Waals surface area contributed by atoms with Crippen LogP contribution in [0, 0.1) is 0 Å². The molecule has 2 aromatic carbocycles. The summed E-state index contributed by atoms with van der Waals surface area (Å²) in [6, 6.07) is 16.7. The highest BCUT2D eigenvalue weighted by Gasteiger charge is 2.15. The molecule has 4 aromatic rings. The van der Waals surface area contributed by atoms with Gasteiger partial charge in [0, 0.05) is 0 Å². The molecular formula is C33H28O8S2. The van der Waals surface area contributed by atoms with Gasteiger partial charge in [0.15, 0.2) is 34.6 Å². The quantitative estimate of drug-likeness (QED) is 0.0629. The summed E-state index contributed by atoms with van der Waals surface area (Å²) in [4.78, 5) is 50.5. The number of methoxy groups -OCH3 is 1. The van der Waals surface area contributed by atoms with Crippen molar-refractivity contribution in [3.63, 3.8) is 0 Å². The van der Waals surface area contributed by atoms with Gasteiger partial charge in [0.05, 0.1) is 20.1 Å². The zero-order valence-electron chi connectivity index (χ0n) is 23.4. The number of rotatable bonds is 14. The summed E-state index contributed by atoms with van der Waals surface area (Å²) in [5, 5.41) is 3.57. The summed E-state index contributed by atoms with van der Waals surface area (Å²) in [5.41, 5.74) is 1.27. The molecule has 0 radical (unpaired) electrons. The van der Waals surface area contributed by atoms with E-state index in [9.17, 15) is 19.2 Å². The van der Waals surface area contributed by atoms with Gasteiger partial charge in [0.2, 0.25) is 0 Å². The monoisotopic (exact) mass is 616 g/mol. The minimum absolute atomic E-state index is 0.252. The zero-order valence-corrected chi connectivity index (χ0v) is 25.1. The summed E-state index contributed by atoms with van der Waals surface area (Å²) >= 11 is 2.55. The standard InChI is InChI=1S/C33H28O8S2/c1-3-16-39-29-20-23(11-15-27(29)41-33(37)31-7-5-18-43-31)9-13-25(35)21-24(34)12-8-22-10-14-26(28(19-22)38-2)40-32(36)30-6-4-17-42-30/h4-15,17-20H,3,16,21H2,1-2H3/b12-8+,13-9+. The first-order chi connectivity index (χ1) is 20.9. The molecule has 0 aliphatic rings. The average molecular weight is 617 g/mol. The number of allylic oxidation sites excluding steroid dienone is 2. The van der Waals surface area contributed by atoms with E-state index < -0.39 is 11.9 Å². The Kier molecular flexibility index (Phi) is 11.2. The molecule has 0 aliphatic heterocycles. The Morgan fingerprint density at radius 3 is 1.67 bits per heavy atom. The van der Waals surface area contributed by atoms with Crippen LogP contribution in [0.2, 0.25) is 0 Å². The van der Waals surface area contributed by atoms with E-state index >= 15 is 0 Å². The molecule has 8 nitrogen and oxygen atoms in total. The van der Waals surface area contributed by atoms with E-state index in [-0.39, 0.29) is 29.5 Å². The molecule has 43 heavy (non-hydrogen) atoms. The summed E-state index contributed by atoms with van der Waals surface area (Å²) in [5.74, 6) is -0.499. The number of ether oxygens (including phenoxy) is 4. The number of thiophene rings is 2. The molecule has 0 unspecified atom stereocenters. The summed E-state index contributed by atoms with van der Waals surface area (Å²) in [7, 11) is 1.45. The smallest absolute Gasteiger partial charge is 0.353 e. The lowest BCUT2D eigenvalue weighted by Gasteiger charge is -2.11. The summed E-state index contributed by atoms with van der Waals surface area (Å²) < 4.78 is 22.0. The van der Waals surface area contributed by atoms with Gasteiger partial charge in [-0.3, -0.25) is 9.59 Å². The van der Waals surface area contributed by atoms with E-state index in [0.29, 0.717) is 39.0 Å². The molecule has 0 saturated carbocycles. The first-order valence-electron chi connectivity index (χ1n) is 13.2. The first-order valence-corrected chi connectivity index (χ1v) is 15.0. The van der Waals surface area contributed by atoms with Crippen molar-refractivity contribution in [3.05, 3.63) is 104 Å². The van der Waals surface area contributed by atoms with E-state index in [0.717, 1.165) is 6.42 Å². The number of carbonyl (C=O) groups excluding carboxylic acids is 4. The number of esters is 2. The van der Waals surface area contributed by atoms with E-state index in [1.54, 1.807) is 83.6 Å². The van der Waals surface area contributed by atoms with Crippen molar-refractivity contribution in [1.82, 2.24) is 0 Å². The third kappa shape index (κ3) is 9.09. The van der Waals surface area contributed by atoms with Crippen LogP contribution in [0.1, 0.15) is 50.2 Å². The maximum atomic E-state index is 12.5. The molecule has 0 fully saturated rings. The Hall–Kier alpha value is -4.80. The minimum atomic E-state index is -0.489. The van der Waals surface area contributed by atoms with E-state index in [4.69, 9.17) is 18.9 Å². The predicted molar refractivity (Wildman–Crippen MR) is 166 cm³/mol. The number of hydrogen-bond acceptors (Lipinski definition) is 10. The molecule has 0 spiro atoms. The van der Waals surface area contributed by atoms with E-state index in [1.807, 2.05) is 6.92 Å². The highest BCUT2D eigenvalue weighted by atomic mass is 32.1. The molecule has 2 heterocycles. The topological polar surface area (TPSA) is 105 Å². The fourth-order valence-electron chi connectivity index (χ4n) is 3.67. The van der Waals surface area contributed by atoms with Crippen molar-refractivity contribution < 1.29 is 38.1 Å². The Balaban J connectivity index is 1.35. The Morgan fingerprint density at radius 1 is 0.698 bits per heavy atom. The summed E-state index contributed by atoms with van der Waals surface area (Å²) in [6.07, 6.45) is 6.19. The number of hydrogen-bond donors (Lipinski definition) is 0. The van der Waals surface area contributed by atoms with Gasteiger partial charge in [0.1, 0.15) is 9.75 Å². The second kappa shape index (κ2) is 15.4. The van der Waals surface area contributed by atoms with Crippen LogP contribution in [0.25, 0.3) is 12.2 Å². The van der Waals surface area contributed by atoms with Crippen LogP contribution >= 0.6 is 22.7 Å². The van der Waals surface area contributed by atoms with Crippen molar-refractivity contribution in [2.75, 3.05) is 13.7 Å². The third-order valence-electron chi connectivity index (χ3n) is 5.74. The Bertz CT molecular complexity index is 1630. The van der Waals surface area contributed by atoms with Crippen molar-refractivity contribution in [3.8, 4) is 23.0 Å². The molecule has 4 rings (SSSR count). The first kappa shape index (κ1) is 31.1. The lowest BCUT2D eigenvalue weighted by molar-refractivity contribution is -0.121. The molecule has 0 N–H and O–H groups in total. The highest BCUT2D eigenvalue weighted by molar-refractivity contribution is 7.12.